The number of furan rings is 1. The zero-order chi connectivity index (χ0) is 20.0. The lowest BCUT2D eigenvalue weighted by Gasteiger charge is -2.33. The molecule has 8 heteroatoms. The second kappa shape index (κ2) is 8.92. The topological polar surface area (TPSA) is 101 Å². The van der Waals surface area contributed by atoms with Crippen molar-refractivity contribution in [2.24, 2.45) is 5.92 Å². The SMILES string of the molecule is Cc1ccc(CNC(=O)C(=O)NCC2CCN(C(=O)OC(C)(C)C)CC2)o1. The van der Waals surface area contributed by atoms with Gasteiger partial charge in [0.05, 0.1) is 6.54 Å². The zero-order valence-corrected chi connectivity index (χ0v) is 16.5. The van der Waals surface area contributed by atoms with Gasteiger partial charge >= 0.3 is 17.9 Å². The Balaban J connectivity index is 1.66. The highest BCUT2D eigenvalue weighted by Gasteiger charge is 2.27. The summed E-state index contributed by atoms with van der Waals surface area (Å²) in [5, 5.41) is 5.19. The Morgan fingerprint density at radius 1 is 1.15 bits per heavy atom. The number of ether oxygens (including phenoxy) is 1. The molecule has 1 aliphatic rings. The summed E-state index contributed by atoms with van der Waals surface area (Å²) in [5.41, 5.74) is -0.510. The number of likely N-dealkylation sites (tertiary alicyclic amines) is 1. The van der Waals surface area contributed by atoms with Crippen LogP contribution >= 0.6 is 0 Å². The number of hydrogen-bond donors (Lipinski definition) is 2. The molecular weight excluding hydrogens is 350 g/mol. The minimum Gasteiger partial charge on any atom is -0.465 e. The third-order valence-electron chi connectivity index (χ3n) is 4.24. The van der Waals surface area contributed by atoms with E-state index in [4.69, 9.17) is 9.15 Å². The van der Waals surface area contributed by atoms with E-state index in [-0.39, 0.29) is 18.6 Å². The van der Waals surface area contributed by atoms with Crippen LogP contribution in [0.25, 0.3) is 0 Å². The molecular formula is C19H29N3O5. The Bertz CT molecular complexity index is 669. The van der Waals surface area contributed by atoms with Gasteiger partial charge in [0.1, 0.15) is 17.1 Å². The molecule has 1 aromatic rings. The van der Waals surface area contributed by atoms with E-state index in [1.165, 1.54) is 0 Å². The molecule has 0 unspecified atom stereocenters. The largest absolute Gasteiger partial charge is 0.465 e. The van der Waals surface area contributed by atoms with Crippen LogP contribution in [-0.2, 0) is 20.9 Å². The van der Waals surface area contributed by atoms with Crippen LogP contribution in [0.1, 0.15) is 45.1 Å². The molecule has 3 amide bonds. The van der Waals surface area contributed by atoms with Gasteiger partial charge in [-0.2, -0.15) is 0 Å². The molecule has 1 aromatic heterocycles. The number of rotatable bonds is 4. The third kappa shape index (κ3) is 6.96. The van der Waals surface area contributed by atoms with Gasteiger partial charge in [-0.15, -0.1) is 0 Å². The van der Waals surface area contributed by atoms with Crippen molar-refractivity contribution in [3.05, 3.63) is 23.7 Å². The van der Waals surface area contributed by atoms with E-state index >= 15 is 0 Å². The molecule has 0 saturated carbocycles. The van der Waals surface area contributed by atoms with E-state index in [2.05, 4.69) is 10.6 Å². The van der Waals surface area contributed by atoms with Gasteiger partial charge in [0.25, 0.3) is 0 Å². The number of carbonyl (C=O) groups excluding carboxylic acids is 3. The van der Waals surface area contributed by atoms with Crippen molar-refractivity contribution in [1.82, 2.24) is 15.5 Å². The Morgan fingerprint density at radius 3 is 2.33 bits per heavy atom. The molecule has 0 atom stereocenters. The molecule has 2 heterocycles. The summed E-state index contributed by atoms with van der Waals surface area (Å²) < 4.78 is 10.7. The van der Waals surface area contributed by atoms with Crippen LogP contribution in [-0.4, -0.2) is 48.0 Å². The Labute approximate surface area is 159 Å². The molecule has 1 fully saturated rings. The first-order chi connectivity index (χ1) is 12.6. The van der Waals surface area contributed by atoms with Crippen LogP contribution in [0.3, 0.4) is 0 Å². The maximum absolute atomic E-state index is 12.0. The normalized spacial score (nSPS) is 15.3. The highest BCUT2D eigenvalue weighted by molar-refractivity contribution is 6.35. The molecule has 8 nitrogen and oxygen atoms in total. The highest BCUT2D eigenvalue weighted by Crippen LogP contribution is 2.19. The summed E-state index contributed by atoms with van der Waals surface area (Å²) in [6.07, 6.45) is 1.21. The fourth-order valence-electron chi connectivity index (χ4n) is 2.79. The standard InChI is InChI=1S/C19H29N3O5/c1-13-5-6-15(26-13)12-21-17(24)16(23)20-11-14-7-9-22(10-8-14)18(25)27-19(2,3)4/h5-6,14H,7-12H2,1-4H3,(H,20,23)(H,21,24). The van der Waals surface area contributed by atoms with Crippen molar-refractivity contribution in [2.45, 2.75) is 52.7 Å². The number of aryl methyl sites for hydroxylation is 1. The van der Waals surface area contributed by atoms with E-state index < -0.39 is 17.4 Å². The van der Waals surface area contributed by atoms with Crippen LogP contribution in [0.4, 0.5) is 4.79 Å². The fraction of sp³-hybridized carbons (Fsp3) is 0.632. The van der Waals surface area contributed by atoms with E-state index in [9.17, 15) is 14.4 Å². The molecule has 0 radical (unpaired) electrons. The van der Waals surface area contributed by atoms with Gasteiger partial charge in [-0.3, -0.25) is 9.59 Å². The molecule has 1 aliphatic heterocycles. The number of nitrogens with zero attached hydrogens (tertiary/aromatic N) is 1. The predicted octanol–water partition coefficient (Wildman–Crippen LogP) is 1.97. The van der Waals surface area contributed by atoms with E-state index in [0.717, 1.165) is 18.6 Å². The van der Waals surface area contributed by atoms with Crippen molar-refractivity contribution in [1.29, 1.82) is 0 Å². The maximum atomic E-state index is 12.0. The van der Waals surface area contributed by atoms with Gasteiger partial charge in [-0.1, -0.05) is 0 Å². The molecule has 0 aliphatic carbocycles. The summed E-state index contributed by atoms with van der Waals surface area (Å²) in [6, 6.07) is 3.55. The quantitative estimate of drug-likeness (QED) is 0.779. The smallest absolute Gasteiger partial charge is 0.410 e. The average molecular weight is 379 g/mol. The van der Waals surface area contributed by atoms with Crippen molar-refractivity contribution in [3.63, 3.8) is 0 Å². The minimum absolute atomic E-state index is 0.175. The van der Waals surface area contributed by atoms with Crippen molar-refractivity contribution in [2.75, 3.05) is 19.6 Å². The lowest BCUT2D eigenvalue weighted by molar-refractivity contribution is -0.139. The Morgan fingerprint density at radius 2 is 1.78 bits per heavy atom. The molecule has 2 rings (SSSR count). The molecule has 0 aromatic carbocycles. The van der Waals surface area contributed by atoms with Gasteiger partial charge in [0.15, 0.2) is 0 Å². The third-order valence-corrected chi connectivity index (χ3v) is 4.24. The van der Waals surface area contributed by atoms with Crippen molar-refractivity contribution >= 4 is 17.9 Å². The molecule has 27 heavy (non-hydrogen) atoms. The fourth-order valence-corrected chi connectivity index (χ4v) is 2.79. The van der Waals surface area contributed by atoms with Gasteiger partial charge in [-0.25, -0.2) is 4.79 Å². The molecule has 1 saturated heterocycles. The van der Waals surface area contributed by atoms with Gasteiger partial charge in [0, 0.05) is 19.6 Å². The van der Waals surface area contributed by atoms with Crippen LogP contribution in [0, 0.1) is 12.8 Å². The monoisotopic (exact) mass is 379 g/mol. The van der Waals surface area contributed by atoms with Crippen LogP contribution in [0.2, 0.25) is 0 Å². The molecule has 0 bridgehead atoms. The first-order valence-electron chi connectivity index (χ1n) is 9.23. The van der Waals surface area contributed by atoms with Crippen molar-refractivity contribution < 1.29 is 23.5 Å². The summed E-state index contributed by atoms with van der Waals surface area (Å²) >= 11 is 0. The van der Waals surface area contributed by atoms with Crippen LogP contribution in [0.15, 0.2) is 16.5 Å². The first kappa shape index (κ1) is 20.8. The number of nitrogens with one attached hydrogen (secondary N) is 2. The van der Waals surface area contributed by atoms with Crippen molar-refractivity contribution in [3.8, 4) is 0 Å². The summed E-state index contributed by atoms with van der Waals surface area (Å²) in [6.45, 7) is 9.08. The number of hydrogen-bond acceptors (Lipinski definition) is 5. The first-order valence-corrected chi connectivity index (χ1v) is 9.23. The minimum atomic E-state index is -0.685. The van der Waals surface area contributed by atoms with Crippen LogP contribution in [0.5, 0.6) is 0 Å². The zero-order valence-electron chi connectivity index (χ0n) is 16.5. The summed E-state index contributed by atoms with van der Waals surface area (Å²) in [5.74, 6) is 0.237. The number of amides is 3. The predicted molar refractivity (Wildman–Crippen MR) is 98.8 cm³/mol. The van der Waals surface area contributed by atoms with E-state index in [1.807, 2.05) is 27.7 Å². The lowest BCUT2D eigenvalue weighted by Crippen LogP contribution is -2.45. The highest BCUT2D eigenvalue weighted by atomic mass is 16.6. The van der Waals surface area contributed by atoms with Gasteiger partial charge in [-0.05, 0) is 58.6 Å². The van der Waals surface area contributed by atoms with E-state index in [1.54, 1.807) is 17.0 Å². The number of piperidine rings is 1. The van der Waals surface area contributed by atoms with E-state index in [0.29, 0.717) is 25.4 Å². The second-order valence-corrected chi connectivity index (χ2v) is 7.82. The van der Waals surface area contributed by atoms with Gasteiger partial charge in [0.2, 0.25) is 0 Å². The second-order valence-electron chi connectivity index (χ2n) is 7.82. The van der Waals surface area contributed by atoms with Crippen LogP contribution < -0.4 is 10.6 Å². The molecule has 0 spiro atoms. The Kier molecular flexibility index (Phi) is 6.87. The average Bonchev–Trinajstić information content (AvgIpc) is 3.01. The number of carbonyl (C=O) groups is 3. The summed E-state index contributed by atoms with van der Waals surface area (Å²) in [7, 11) is 0. The summed E-state index contributed by atoms with van der Waals surface area (Å²) in [4.78, 5) is 37.5. The molecule has 2 N–H and O–H groups in total. The maximum Gasteiger partial charge on any atom is 0.410 e. The molecule has 150 valence electrons. The van der Waals surface area contributed by atoms with Gasteiger partial charge < -0.3 is 24.7 Å². The Hall–Kier alpha value is -2.51. The lowest BCUT2D eigenvalue weighted by atomic mass is 9.97.